The fraction of sp³-hybridized carbons (Fsp3) is 0.231. The van der Waals surface area contributed by atoms with E-state index >= 15 is 0 Å². The second-order valence-electron chi connectivity index (χ2n) is 3.96. The lowest BCUT2D eigenvalue weighted by molar-refractivity contribution is 0.0950. The van der Waals surface area contributed by atoms with E-state index in [0.29, 0.717) is 18.7 Å². The van der Waals surface area contributed by atoms with Crippen LogP contribution < -0.4 is 5.32 Å². The number of halogens is 1. The van der Waals surface area contributed by atoms with Crippen molar-refractivity contribution in [3.63, 3.8) is 0 Å². The van der Waals surface area contributed by atoms with Crippen LogP contribution in [0.3, 0.4) is 0 Å². The van der Waals surface area contributed by atoms with Crippen molar-refractivity contribution in [2.45, 2.75) is 13.3 Å². The number of hydrogen-bond acceptors (Lipinski definition) is 3. The molecule has 0 bridgehead atoms. The monoisotopic (exact) mass is 264 g/mol. The number of amides is 1. The van der Waals surface area contributed by atoms with Crippen LogP contribution in [0.25, 0.3) is 0 Å². The maximum absolute atomic E-state index is 12.7. The highest BCUT2D eigenvalue weighted by atomic mass is 32.1. The molecule has 3 nitrogen and oxygen atoms in total. The van der Waals surface area contributed by atoms with Gasteiger partial charge in [0.25, 0.3) is 5.91 Å². The number of rotatable bonds is 4. The van der Waals surface area contributed by atoms with Crippen LogP contribution in [0.15, 0.2) is 30.3 Å². The van der Waals surface area contributed by atoms with Gasteiger partial charge in [0.1, 0.15) is 11.5 Å². The maximum atomic E-state index is 12.7. The van der Waals surface area contributed by atoms with Crippen molar-refractivity contribution in [1.82, 2.24) is 9.69 Å². The number of aromatic nitrogens is 1. The Hall–Kier alpha value is -1.75. The van der Waals surface area contributed by atoms with Gasteiger partial charge < -0.3 is 5.32 Å². The summed E-state index contributed by atoms with van der Waals surface area (Å²) in [7, 11) is 0. The highest BCUT2D eigenvalue weighted by Crippen LogP contribution is 2.07. The minimum Gasteiger partial charge on any atom is -0.350 e. The molecule has 0 unspecified atom stereocenters. The Balaban J connectivity index is 1.82. The number of nitrogens with zero attached hydrogens (tertiary/aromatic N) is 1. The molecule has 0 aliphatic carbocycles. The lowest BCUT2D eigenvalue weighted by Crippen LogP contribution is -2.25. The van der Waals surface area contributed by atoms with Gasteiger partial charge in [-0.05, 0) is 48.6 Å². The molecular formula is C13H13FN2OS. The molecule has 0 saturated carbocycles. The average molecular weight is 264 g/mol. The lowest BCUT2D eigenvalue weighted by Gasteiger charge is -2.03. The van der Waals surface area contributed by atoms with Crippen molar-refractivity contribution < 1.29 is 9.18 Å². The predicted octanol–water partition coefficient (Wildman–Crippen LogP) is 2.56. The third kappa shape index (κ3) is 3.37. The summed E-state index contributed by atoms with van der Waals surface area (Å²) in [6.07, 6.45) is 0.676. The second-order valence-corrected chi connectivity index (χ2v) is 4.96. The zero-order chi connectivity index (χ0) is 13.0. The summed E-state index contributed by atoms with van der Waals surface area (Å²) in [6, 6.07) is 8.03. The topological polar surface area (TPSA) is 42.0 Å². The van der Waals surface area contributed by atoms with Crippen LogP contribution in [0.2, 0.25) is 0 Å². The first kappa shape index (κ1) is 12.7. The molecule has 2 aromatic rings. The van der Waals surface area contributed by atoms with E-state index in [1.54, 1.807) is 18.2 Å². The molecule has 0 atom stereocenters. The van der Waals surface area contributed by atoms with Gasteiger partial charge in [0.05, 0.1) is 0 Å². The summed E-state index contributed by atoms with van der Waals surface area (Å²) in [5, 5.41) is 2.79. The number of benzene rings is 1. The van der Waals surface area contributed by atoms with Crippen LogP contribution in [-0.2, 0) is 6.42 Å². The van der Waals surface area contributed by atoms with Crippen molar-refractivity contribution in [1.29, 1.82) is 0 Å². The normalized spacial score (nSPS) is 10.3. The Labute approximate surface area is 109 Å². The molecule has 0 aliphatic heterocycles. The van der Waals surface area contributed by atoms with Gasteiger partial charge in [-0.3, -0.25) is 4.79 Å². The largest absolute Gasteiger partial charge is 0.350 e. The zero-order valence-electron chi connectivity index (χ0n) is 9.94. The molecule has 2 rings (SSSR count). The molecular weight excluding hydrogens is 251 g/mol. The summed E-state index contributed by atoms with van der Waals surface area (Å²) < 4.78 is 16.7. The quantitative estimate of drug-likeness (QED) is 0.922. The molecule has 1 N–H and O–H groups in total. The summed E-state index contributed by atoms with van der Waals surface area (Å²) >= 11 is 1.31. The third-order valence-corrected chi connectivity index (χ3v) is 3.17. The summed E-state index contributed by atoms with van der Waals surface area (Å²) in [6.45, 7) is 2.42. The molecule has 0 radical (unpaired) electrons. The number of carbonyl (C=O) groups excluding carboxylic acids is 1. The van der Waals surface area contributed by atoms with Gasteiger partial charge in [-0.15, -0.1) is 0 Å². The van der Waals surface area contributed by atoms with Crippen molar-refractivity contribution >= 4 is 17.4 Å². The van der Waals surface area contributed by atoms with Gasteiger partial charge >= 0.3 is 0 Å². The summed E-state index contributed by atoms with van der Waals surface area (Å²) in [5.41, 5.74) is 1.45. The van der Waals surface area contributed by atoms with Crippen LogP contribution in [0.5, 0.6) is 0 Å². The SMILES string of the molecule is Cc1cc(C(=O)NCCc2ccc(F)cc2)ns1. The molecule has 1 amide bonds. The molecule has 0 fully saturated rings. The van der Waals surface area contributed by atoms with E-state index in [9.17, 15) is 9.18 Å². The Morgan fingerprint density at radius 1 is 1.39 bits per heavy atom. The number of hydrogen-bond donors (Lipinski definition) is 1. The second kappa shape index (κ2) is 5.73. The Bertz CT molecular complexity index is 536. The van der Waals surface area contributed by atoms with Crippen LogP contribution in [-0.4, -0.2) is 16.8 Å². The van der Waals surface area contributed by atoms with E-state index < -0.39 is 0 Å². The molecule has 0 saturated heterocycles. The molecule has 94 valence electrons. The molecule has 18 heavy (non-hydrogen) atoms. The molecule has 1 aromatic heterocycles. The molecule has 1 aromatic carbocycles. The summed E-state index contributed by atoms with van der Waals surface area (Å²) in [5.74, 6) is -0.415. The van der Waals surface area contributed by atoms with Crippen molar-refractivity contribution in [3.8, 4) is 0 Å². The number of carbonyl (C=O) groups is 1. The average Bonchev–Trinajstić information content (AvgIpc) is 2.78. The molecule has 1 heterocycles. The number of nitrogens with one attached hydrogen (secondary N) is 1. The van der Waals surface area contributed by atoms with Gasteiger partial charge in [-0.2, -0.15) is 4.37 Å². The van der Waals surface area contributed by atoms with E-state index in [1.165, 1.54) is 23.7 Å². The minimum atomic E-state index is -0.249. The van der Waals surface area contributed by atoms with Crippen LogP contribution in [0.4, 0.5) is 4.39 Å². The van der Waals surface area contributed by atoms with E-state index in [2.05, 4.69) is 9.69 Å². The van der Waals surface area contributed by atoms with Gasteiger partial charge in [-0.1, -0.05) is 12.1 Å². The van der Waals surface area contributed by atoms with E-state index in [1.807, 2.05) is 6.92 Å². The first-order chi connectivity index (χ1) is 8.65. The number of aryl methyl sites for hydroxylation is 1. The standard InChI is InChI=1S/C13H13FN2OS/c1-9-8-12(16-18-9)13(17)15-7-6-10-2-4-11(14)5-3-10/h2-5,8H,6-7H2,1H3,(H,15,17). The van der Waals surface area contributed by atoms with E-state index in [-0.39, 0.29) is 11.7 Å². The van der Waals surface area contributed by atoms with Gasteiger partial charge in [-0.25, -0.2) is 4.39 Å². The Morgan fingerprint density at radius 3 is 2.72 bits per heavy atom. The molecule has 0 spiro atoms. The molecule has 5 heteroatoms. The Kier molecular flexibility index (Phi) is 4.04. The summed E-state index contributed by atoms with van der Waals surface area (Å²) in [4.78, 5) is 12.7. The lowest BCUT2D eigenvalue weighted by atomic mass is 10.1. The fourth-order valence-corrected chi connectivity index (χ4v) is 2.08. The van der Waals surface area contributed by atoms with Crippen molar-refractivity contribution in [3.05, 3.63) is 52.3 Å². The van der Waals surface area contributed by atoms with Gasteiger partial charge in [0, 0.05) is 11.4 Å². The fourth-order valence-electron chi connectivity index (χ4n) is 1.54. The van der Waals surface area contributed by atoms with E-state index in [0.717, 1.165) is 10.4 Å². The van der Waals surface area contributed by atoms with E-state index in [4.69, 9.17) is 0 Å². The van der Waals surface area contributed by atoms with Crippen molar-refractivity contribution in [2.24, 2.45) is 0 Å². The molecule has 0 aliphatic rings. The van der Waals surface area contributed by atoms with Crippen LogP contribution >= 0.6 is 11.5 Å². The van der Waals surface area contributed by atoms with Crippen LogP contribution in [0.1, 0.15) is 20.9 Å². The van der Waals surface area contributed by atoms with Crippen molar-refractivity contribution in [2.75, 3.05) is 6.54 Å². The third-order valence-electron chi connectivity index (χ3n) is 2.47. The highest BCUT2D eigenvalue weighted by molar-refractivity contribution is 7.05. The van der Waals surface area contributed by atoms with Gasteiger partial charge in [0.2, 0.25) is 0 Å². The first-order valence-electron chi connectivity index (χ1n) is 5.61. The smallest absolute Gasteiger partial charge is 0.271 e. The Morgan fingerprint density at radius 2 is 2.11 bits per heavy atom. The predicted molar refractivity (Wildman–Crippen MR) is 69.3 cm³/mol. The minimum absolute atomic E-state index is 0.165. The first-order valence-corrected chi connectivity index (χ1v) is 6.38. The maximum Gasteiger partial charge on any atom is 0.271 e. The van der Waals surface area contributed by atoms with Gasteiger partial charge in [0.15, 0.2) is 0 Å². The highest BCUT2D eigenvalue weighted by Gasteiger charge is 2.08. The van der Waals surface area contributed by atoms with Crippen LogP contribution in [0, 0.1) is 12.7 Å². The zero-order valence-corrected chi connectivity index (χ0v) is 10.8.